The number of aliphatic hydroxyl groups excluding tert-OH is 2. The number of halogens is 4. The van der Waals surface area contributed by atoms with E-state index in [0.717, 1.165) is 18.9 Å². The van der Waals surface area contributed by atoms with E-state index in [-0.39, 0.29) is 55.4 Å². The first-order chi connectivity index (χ1) is 16.3. The molecule has 3 aliphatic heterocycles. The van der Waals surface area contributed by atoms with Crippen molar-refractivity contribution in [3.8, 4) is 0 Å². The molecule has 0 bridgehead atoms. The van der Waals surface area contributed by atoms with Crippen molar-refractivity contribution in [3.63, 3.8) is 0 Å². The number of hydrogen-bond donors (Lipinski definition) is 2. The summed E-state index contributed by atoms with van der Waals surface area (Å²) in [6, 6.07) is -1.35. The van der Waals surface area contributed by atoms with Gasteiger partial charge in [-0.15, -0.1) is 11.6 Å². The average Bonchev–Trinajstić information content (AvgIpc) is 3.43. The summed E-state index contributed by atoms with van der Waals surface area (Å²) in [6.07, 6.45) is -1.15. The summed E-state index contributed by atoms with van der Waals surface area (Å²) in [5.41, 5.74) is -1.07. The predicted octanol–water partition coefficient (Wildman–Crippen LogP) is 1.48. The number of nitrogens with zero attached hydrogens (tertiary/aromatic N) is 4. The van der Waals surface area contributed by atoms with Gasteiger partial charge in [0, 0.05) is 25.6 Å². The van der Waals surface area contributed by atoms with Crippen molar-refractivity contribution in [3.05, 3.63) is 23.4 Å². The largest absolute Gasteiger partial charge is 0.433 e. The second-order valence-corrected chi connectivity index (χ2v) is 11.1. The molecule has 5 aliphatic rings. The van der Waals surface area contributed by atoms with Crippen molar-refractivity contribution in [2.45, 2.75) is 55.9 Å². The van der Waals surface area contributed by atoms with Gasteiger partial charge in [-0.05, 0) is 43.3 Å². The lowest BCUT2D eigenvalue weighted by molar-refractivity contribution is -0.146. The second-order valence-electron chi connectivity index (χ2n) is 10.4. The van der Waals surface area contributed by atoms with E-state index in [4.69, 9.17) is 11.6 Å². The van der Waals surface area contributed by atoms with E-state index in [0.29, 0.717) is 10.9 Å². The summed E-state index contributed by atoms with van der Waals surface area (Å²) in [4.78, 5) is 27.5. The Labute approximate surface area is 205 Å². The van der Waals surface area contributed by atoms with Crippen molar-refractivity contribution in [2.24, 2.45) is 22.9 Å². The number of hydrogen-bond acceptors (Lipinski definition) is 6. The predicted molar refractivity (Wildman–Crippen MR) is 120 cm³/mol. The molecule has 0 aromatic heterocycles. The zero-order chi connectivity index (χ0) is 25.4. The number of aliphatic hydroxyl groups is 2. The van der Waals surface area contributed by atoms with Gasteiger partial charge in [-0.25, -0.2) is 0 Å². The quantitative estimate of drug-likeness (QED) is 0.552. The van der Waals surface area contributed by atoms with Gasteiger partial charge in [-0.2, -0.15) is 18.3 Å². The van der Waals surface area contributed by atoms with Gasteiger partial charge in [0.15, 0.2) is 0 Å². The molecule has 0 radical (unpaired) electrons. The fraction of sp³-hybridized carbons (Fsp3) is 0.696. The molecule has 0 aromatic carbocycles. The molecule has 192 valence electrons. The van der Waals surface area contributed by atoms with Crippen LogP contribution in [0.4, 0.5) is 13.2 Å². The van der Waals surface area contributed by atoms with Gasteiger partial charge in [-0.3, -0.25) is 14.6 Å². The summed E-state index contributed by atoms with van der Waals surface area (Å²) < 4.78 is 41.6. The van der Waals surface area contributed by atoms with Crippen LogP contribution < -0.4 is 0 Å². The van der Waals surface area contributed by atoms with Crippen molar-refractivity contribution in [2.75, 3.05) is 26.2 Å². The number of piperazine rings is 1. The molecule has 8 nitrogen and oxygen atoms in total. The van der Waals surface area contributed by atoms with Crippen LogP contribution in [0.2, 0.25) is 0 Å². The molecule has 7 unspecified atom stereocenters. The smallest absolute Gasteiger partial charge is 0.396 e. The molecule has 1 saturated heterocycles. The maximum atomic E-state index is 13.9. The molecule has 0 aromatic rings. The standard InChI is InChI=1S/C23H28ClF3N4O4/c1-11(10-32)12-7-16-22(2,24)20(28-31(16)17(8-12)23(25,26)27)21(35)29-3-4-30(18(33)9-29)15-6-13-5-14(13)19(15)34/h7-8,11,13-16,19,32,34H,3-6,9-10H2,1-2H3. The number of alkyl halides is 4. The van der Waals surface area contributed by atoms with Crippen molar-refractivity contribution >= 4 is 29.1 Å². The lowest BCUT2D eigenvalue weighted by Gasteiger charge is -2.40. The van der Waals surface area contributed by atoms with E-state index in [1.807, 2.05) is 0 Å². The highest BCUT2D eigenvalue weighted by Crippen LogP contribution is 2.53. The maximum Gasteiger partial charge on any atom is 0.433 e. The average molecular weight is 517 g/mol. The van der Waals surface area contributed by atoms with E-state index in [1.54, 1.807) is 11.8 Å². The first-order valence-corrected chi connectivity index (χ1v) is 12.2. The molecule has 5 rings (SSSR count). The minimum Gasteiger partial charge on any atom is -0.396 e. The third-order valence-corrected chi connectivity index (χ3v) is 8.43. The Morgan fingerprint density at radius 2 is 2.06 bits per heavy atom. The highest BCUT2D eigenvalue weighted by molar-refractivity contribution is 6.54. The van der Waals surface area contributed by atoms with Crippen LogP contribution in [0.3, 0.4) is 0 Å². The summed E-state index contributed by atoms with van der Waals surface area (Å²) >= 11 is 6.71. The van der Waals surface area contributed by atoms with Gasteiger partial charge >= 0.3 is 6.18 Å². The lowest BCUT2D eigenvalue weighted by atomic mass is 9.88. The Morgan fingerprint density at radius 1 is 1.34 bits per heavy atom. The number of fused-ring (bicyclic) bond motifs is 2. The number of hydrazone groups is 1. The van der Waals surface area contributed by atoms with Crippen LogP contribution in [-0.4, -0.2) is 98.0 Å². The Kier molecular flexibility index (Phi) is 5.76. The van der Waals surface area contributed by atoms with Crippen molar-refractivity contribution in [1.29, 1.82) is 0 Å². The van der Waals surface area contributed by atoms with Gasteiger partial charge in [-0.1, -0.05) is 13.0 Å². The van der Waals surface area contributed by atoms with Crippen LogP contribution >= 0.6 is 11.6 Å². The molecule has 2 saturated carbocycles. The third-order valence-electron chi connectivity index (χ3n) is 8.03. The van der Waals surface area contributed by atoms with Gasteiger partial charge in [0.25, 0.3) is 5.91 Å². The molecule has 0 spiro atoms. The van der Waals surface area contributed by atoms with Gasteiger partial charge in [0.1, 0.15) is 22.8 Å². The van der Waals surface area contributed by atoms with E-state index in [1.165, 1.54) is 17.9 Å². The molecule has 12 heteroatoms. The topological polar surface area (TPSA) is 96.7 Å². The van der Waals surface area contributed by atoms with Crippen LogP contribution in [0, 0.1) is 17.8 Å². The summed E-state index contributed by atoms with van der Waals surface area (Å²) in [7, 11) is 0. The Morgan fingerprint density at radius 3 is 2.63 bits per heavy atom. The van der Waals surface area contributed by atoms with Crippen LogP contribution in [0.25, 0.3) is 0 Å². The maximum absolute atomic E-state index is 13.9. The van der Waals surface area contributed by atoms with Crippen molar-refractivity contribution < 1.29 is 33.0 Å². The lowest BCUT2D eigenvalue weighted by Crippen LogP contribution is -2.59. The summed E-state index contributed by atoms with van der Waals surface area (Å²) in [5.74, 6) is -0.864. The van der Waals surface area contributed by atoms with E-state index in [9.17, 15) is 33.0 Å². The summed E-state index contributed by atoms with van der Waals surface area (Å²) in [6.45, 7) is 2.83. The fourth-order valence-electron chi connectivity index (χ4n) is 5.77. The van der Waals surface area contributed by atoms with Crippen molar-refractivity contribution in [1.82, 2.24) is 14.8 Å². The van der Waals surface area contributed by atoms with Gasteiger partial charge < -0.3 is 20.0 Å². The molecule has 7 atom stereocenters. The third kappa shape index (κ3) is 3.95. The van der Waals surface area contributed by atoms with Crippen LogP contribution in [0.15, 0.2) is 28.5 Å². The van der Waals surface area contributed by atoms with Crippen LogP contribution in [-0.2, 0) is 9.59 Å². The van der Waals surface area contributed by atoms with Gasteiger partial charge in [0.05, 0.1) is 18.2 Å². The van der Waals surface area contributed by atoms with E-state index in [2.05, 4.69) is 5.10 Å². The fourth-order valence-corrected chi connectivity index (χ4v) is 6.04. The van der Waals surface area contributed by atoms with Crippen LogP contribution in [0.5, 0.6) is 0 Å². The number of carbonyl (C=O) groups is 2. The SMILES string of the molecule is CC(CO)C1=CC2N(N=C(C(=O)N3CCN(C4CC5CC5C4O)C(=O)C3)C2(C)Cl)C(C(F)(F)F)=C1. The highest BCUT2D eigenvalue weighted by atomic mass is 35.5. The molecule has 3 fully saturated rings. The molecular formula is C23H28ClF3N4O4. The zero-order valence-corrected chi connectivity index (χ0v) is 20.1. The Hall–Kier alpha value is -2.11. The molecule has 2 N–H and O–H groups in total. The molecule has 2 amide bonds. The Bertz CT molecular complexity index is 1040. The van der Waals surface area contributed by atoms with Crippen LogP contribution in [0.1, 0.15) is 26.7 Å². The first kappa shape index (κ1) is 24.6. The van der Waals surface area contributed by atoms with E-state index >= 15 is 0 Å². The molecule has 2 aliphatic carbocycles. The number of amides is 2. The molecular weight excluding hydrogens is 489 g/mol. The molecule has 35 heavy (non-hydrogen) atoms. The number of carbonyl (C=O) groups excluding carboxylic acids is 2. The molecule has 3 heterocycles. The van der Waals surface area contributed by atoms with Gasteiger partial charge in [0.2, 0.25) is 5.91 Å². The first-order valence-electron chi connectivity index (χ1n) is 11.8. The Balaban J connectivity index is 1.37. The minimum atomic E-state index is -4.76. The highest BCUT2D eigenvalue weighted by Gasteiger charge is 2.57. The normalized spacial score (nSPS) is 37.5. The number of rotatable bonds is 4. The number of allylic oxidation sites excluding steroid dienone is 2. The minimum absolute atomic E-state index is 0.171. The summed E-state index contributed by atoms with van der Waals surface area (Å²) in [5, 5.41) is 24.7. The van der Waals surface area contributed by atoms with E-state index < -0.39 is 40.7 Å². The second kappa shape index (κ2) is 8.21. The zero-order valence-electron chi connectivity index (χ0n) is 19.4. The monoisotopic (exact) mass is 516 g/mol.